The zero-order chi connectivity index (χ0) is 11.7. The molecule has 17 heavy (non-hydrogen) atoms. The lowest BCUT2D eigenvalue weighted by molar-refractivity contribution is 0.699. The number of fused-ring (bicyclic) bond motifs is 3. The molecule has 5 heteroatoms. The highest BCUT2D eigenvalue weighted by atomic mass is 79.9. The lowest BCUT2D eigenvalue weighted by Gasteiger charge is -2.11. The van der Waals surface area contributed by atoms with E-state index in [1.165, 1.54) is 46.5 Å². The number of hydrogen-bond donors (Lipinski definition) is 0. The Morgan fingerprint density at radius 1 is 1.29 bits per heavy atom. The molecule has 0 N–H and O–H groups in total. The molecule has 0 saturated carbocycles. The summed E-state index contributed by atoms with van der Waals surface area (Å²) in [6.07, 6.45) is 6.80. The molecule has 2 heterocycles. The van der Waals surface area contributed by atoms with Crippen molar-refractivity contribution in [1.29, 1.82) is 0 Å². The summed E-state index contributed by atoms with van der Waals surface area (Å²) in [5.74, 6) is 1.07. The highest BCUT2D eigenvalue weighted by molar-refractivity contribution is 9.09. The van der Waals surface area contributed by atoms with Crippen LogP contribution in [0.4, 0.5) is 0 Å². The summed E-state index contributed by atoms with van der Waals surface area (Å²) >= 11 is 7.18. The van der Waals surface area contributed by atoms with Crippen LogP contribution in [0.2, 0.25) is 0 Å². The molecule has 2 aromatic heterocycles. The summed E-state index contributed by atoms with van der Waals surface area (Å²) in [7, 11) is 0. The molecule has 3 rings (SSSR count). The van der Waals surface area contributed by atoms with Crippen molar-refractivity contribution in [2.24, 2.45) is 0 Å². The Balaban J connectivity index is 2.12. The lowest BCUT2D eigenvalue weighted by Crippen LogP contribution is -1.99. The first kappa shape index (κ1) is 11.9. The second kappa shape index (κ2) is 5.24. The molecule has 0 fully saturated rings. The molecule has 1 aliphatic carbocycles. The molecule has 0 aliphatic heterocycles. The maximum Gasteiger partial charge on any atom is 0.128 e. The first-order valence-corrected chi connectivity index (χ1v) is 8.76. The molecule has 2 aromatic rings. The molecule has 0 saturated heterocycles. The fourth-order valence-electron chi connectivity index (χ4n) is 2.31. The minimum Gasteiger partial charge on any atom is -0.229 e. The largest absolute Gasteiger partial charge is 0.229 e. The zero-order valence-corrected chi connectivity index (χ0v) is 12.6. The molecule has 0 atom stereocenters. The van der Waals surface area contributed by atoms with Gasteiger partial charge in [-0.2, -0.15) is 0 Å². The van der Waals surface area contributed by atoms with E-state index in [2.05, 4.69) is 25.9 Å². The van der Waals surface area contributed by atoms with Crippen LogP contribution in [0.1, 0.15) is 23.3 Å². The molecule has 1 aliphatic rings. The van der Waals surface area contributed by atoms with Crippen molar-refractivity contribution in [3.63, 3.8) is 0 Å². The van der Waals surface area contributed by atoms with Crippen LogP contribution in [0.5, 0.6) is 0 Å². The van der Waals surface area contributed by atoms with Gasteiger partial charge in [-0.05, 0) is 31.2 Å². The van der Waals surface area contributed by atoms with Crippen molar-refractivity contribution < 1.29 is 0 Å². The van der Waals surface area contributed by atoms with Gasteiger partial charge in [-0.1, -0.05) is 15.9 Å². The lowest BCUT2D eigenvalue weighted by atomic mass is 9.97. The van der Waals surface area contributed by atoms with Crippen molar-refractivity contribution >= 4 is 49.2 Å². The van der Waals surface area contributed by atoms with Gasteiger partial charge in [-0.15, -0.1) is 23.1 Å². The van der Waals surface area contributed by atoms with Crippen molar-refractivity contribution in [2.75, 3.05) is 11.1 Å². The fraction of sp³-hybridized carbons (Fsp3) is 0.500. The van der Waals surface area contributed by atoms with E-state index in [4.69, 9.17) is 0 Å². The van der Waals surface area contributed by atoms with Gasteiger partial charge in [0.1, 0.15) is 16.2 Å². The molecule has 0 radical (unpaired) electrons. The summed E-state index contributed by atoms with van der Waals surface area (Å²) in [5.41, 5.74) is 1.54. The second-order valence-corrected chi connectivity index (χ2v) is 7.07. The number of nitrogens with zero attached hydrogens (tertiary/aromatic N) is 2. The standard InChI is InChI=1S/C12H13BrN2S2/c13-5-6-16-11-10-8-3-1-2-4-9(8)17-12(10)15-7-14-11/h7H,1-6H2. The Kier molecular flexibility index (Phi) is 3.68. The van der Waals surface area contributed by atoms with Crippen LogP contribution in [0, 0.1) is 0 Å². The zero-order valence-electron chi connectivity index (χ0n) is 9.41. The van der Waals surface area contributed by atoms with Crippen LogP contribution < -0.4 is 0 Å². The van der Waals surface area contributed by atoms with Gasteiger partial charge in [-0.25, -0.2) is 9.97 Å². The number of thioether (sulfide) groups is 1. The SMILES string of the molecule is BrCCSc1ncnc2sc3c(c12)CCCC3. The average Bonchev–Trinajstić information content (AvgIpc) is 2.75. The molecule has 0 bridgehead atoms. The van der Waals surface area contributed by atoms with Crippen LogP contribution in [0.25, 0.3) is 10.2 Å². The summed E-state index contributed by atoms with van der Waals surface area (Å²) in [6.45, 7) is 0. The number of aromatic nitrogens is 2. The van der Waals surface area contributed by atoms with Gasteiger partial charge in [0.05, 0.1) is 0 Å². The third kappa shape index (κ3) is 2.25. The van der Waals surface area contributed by atoms with E-state index in [1.807, 2.05) is 23.1 Å². The van der Waals surface area contributed by atoms with E-state index in [0.29, 0.717) is 0 Å². The first-order chi connectivity index (χ1) is 8.40. The summed E-state index contributed by atoms with van der Waals surface area (Å²) in [5, 5.41) is 3.53. The topological polar surface area (TPSA) is 25.8 Å². The van der Waals surface area contributed by atoms with E-state index < -0.39 is 0 Å². The average molecular weight is 329 g/mol. The minimum atomic E-state index is 1.01. The van der Waals surface area contributed by atoms with E-state index >= 15 is 0 Å². The van der Waals surface area contributed by atoms with Crippen LogP contribution >= 0.6 is 39.0 Å². The van der Waals surface area contributed by atoms with Gasteiger partial charge in [0.25, 0.3) is 0 Å². The molecule has 0 amide bonds. The quantitative estimate of drug-likeness (QED) is 0.482. The molecule has 0 unspecified atom stereocenters. The van der Waals surface area contributed by atoms with Crippen LogP contribution in [0.15, 0.2) is 11.4 Å². The minimum absolute atomic E-state index is 1.01. The molecule has 0 aromatic carbocycles. The fourth-order valence-corrected chi connectivity index (χ4v) is 4.84. The first-order valence-electron chi connectivity index (χ1n) is 5.84. The number of aryl methyl sites for hydroxylation is 2. The predicted octanol–water partition coefficient (Wildman–Crippen LogP) is 4.06. The smallest absolute Gasteiger partial charge is 0.128 e. The summed E-state index contributed by atoms with van der Waals surface area (Å²) in [4.78, 5) is 11.6. The molecule has 0 spiro atoms. The van der Waals surface area contributed by atoms with Crippen LogP contribution in [0.3, 0.4) is 0 Å². The van der Waals surface area contributed by atoms with E-state index in [1.54, 1.807) is 11.2 Å². The number of rotatable bonds is 3. The third-order valence-electron chi connectivity index (χ3n) is 3.03. The van der Waals surface area contributed by atoms with Crippen molar-refractivity contribution in [3.05, 3.63) is 16.8 Å². The van der Waals surface area contributed by atoms with Gasteiger partial charge in [0, 0.05) is 21.3 Å². The maximum atomic E-state index is 4.46. The van der Waals surface area contributed by atoms with Gasteiger partial charge in [0.15, 0.2) is 0 Å². The molecule has 2 nitrogen and oxygen atoms in total. The van der Waals surface area contributed by atoms with Gasteiger partial charge in [-0.3, -0.25) is 0 Å². The number of hydrogen-bond acceptors (Lipinski definition) is 4. The maximum absolute atomic E-state index is 4.46. The Bertz CT molecular complexity index is 539. The van der Waals surface area contributed by atoms with Crippen molar-refractivity contribution in [1.82, 2.24) is 9.97 Å². The van der Waals surface area contributed by atoms with E-state index in [0.717, 1.165) is 11.1 Å². The number of halogens is 1. The summed E-state index contributed by atoms with van der Waals surface area (Å²) < 4.78 is 0. The highest BCUT2D eigenvalue weighted by Gasteiger charge is 2.19. The normalized spacial score (nSPS) is 15.1. The Hall–Kier alpha value is -0.130. The van der Waals surface area contributed by atoms with Crippen molar-refractivity contribution in [2.45, 2.75) is 30.7 Å². The molecular weight excluding hydrogens is 316 g/mol. The van der Waals surface area contributed by atoms with E-state index in [-0.39, 0.29) is 0 Å². The van der Waals surface area contributed by atoms with Crippen molar-refractivity contribution in [3.8, 4) is 0 Å². The van der Waals surface area contributed by atoms with E-state index in [9.17, 15) is 0 Å². The number of alkyl halides is 1. The molecular formula is C12H13BrN2S2. The van der Waals surface area contributed by atoms with Crippen LogP contribution in [-0.4, -0.2) is 21.1 Å². The van der Waals surface area contributed by atoms with Gasteiger partial charge in [0.2, 0.25) is 0 Å². The van der Waals surface area contributed by atoms with Crippen LogP contribution in [-0.2, 0) is 12.8 Å². The number of thiophene rings is 1. The third-order valence-corrected chi connectivity index (χ3v) is 6.14. The second-order valence-electron chi connectivity index (χ2n) is 4.11. The monoisotopic (exact) mass is 328 g/mol. The predicted molar refractivity (Wildman–Crippen MR) is 78.6 cm³/mol. The Morgan fingerprint density at radius 3 is 3.06 bits per heavy atom. The Labute approximate surface area is 117 Å². The summed E-state index contributed by atoms with van der Waals surface area (Å²) in [6, 6.07) is 0. The van der Waals surface area contributed by atoms with Gasteiger partial charge >= 0.3 is 0 Å². The molecule has 90 valence electrons. The Morgan fingerprint density at radius 2 is 2.18 bits per heavy atom. The van der Waals surface area contributed by atoms with Gasteiger partial charge < -0.3 is 0 Å². The highest BCUT2D eigenvalue weighted by Crippen LogP contribution is 2.39.